The lowest BCUT2D eigenvalue weighted by molar-refractivity contribution is -0.125. The van der Waals surface area contributed by atoms with Gasteiger partial charge in [0.2, 0.25) is 5.91 Å². The minimum absolute atomic E-state index is 0.211. The quantitative estimate of drug-likeness (QED) is 0.597. The topological polar surface area (TPSA) is 41.1 Å². The number of carbonyl (C=O) groups excluding carboxylic acids is 1. The first-order chi connectivity index (χ1) is 9.34. The summed E-state index contributed by atoms with van der Waals surface area (Å²) in [5.74, 6) is 0.470. The summed E-state index contributed by atoms with van der Waals surface area (Å²) in [4.78, 5) is 11.9. The number of piperidine rings is 1. The number of unbranched alkanes of at least 4 members (excludes halogenated alkanes) is 7. The Morgan fingerprint density at radius 1 is 1.11 bits per heavy atom. The molecule has 0 aliphatic carbocycles. The molecule has 1 heterocycles. The lowest BCUT2D eigenvalue weighted by Gasteiger charge is -2.21. The smallest absolute Gasteiger partial charge is 0.224 e. The zero-order chi connectivity index (χ0) is 13.8. The maximum absolute atomic E-state index is 11.9. The number of hydrogen-bond donors (Lipinski definition) is 2. The van der Waals surface area contributed by atoms with E-state index in [2.05, 4.69) is 17.6 Å². The van der Waals surface area contributed by atoms with E-state index >= 15 is 0 Å². The van der Waals surface area contributed by atoms with Crippen LogP contribution in [0, 0.1) is 5.92 Å². The largest absolute Gasteiger partial charge is 0.356 e. The van der Waals surface area contributed by atoms with Crippen LogP contribution in [0.1, 0.15) is 71.1 Å². The summed E-state index contributed by atoms with van der Waals surface area (Å²) in [5, 5.41) is 6.37. The maximum atomic E-state index is 11.9. The van der Waals surface area contributed by atoms with Crippen molar-refractivity contribution in [1.82, 2.24) is 10.6 Å². The number of hydrogen-bond acceptors (Lipinski definition) is 2. The molecule has 3 nitrogen and oxygen atoms in total. The van der Waals surface area contributed by atoms with Gasteiger partial charge in [-0.3, -0.25) is 4.79 Å². The second-order valence-electron chi connectivity index (χ2n) is 5.81. The first kappa shape index (κ1) is 16.5. The minimum Gasteiger partial charge on any atom is -0.356 e. The van der Waals surface area contributed by atoms with Gasteiger partial charge in [0.15, 0.2) is 0 Å². The van der Waals surface area contributed by atoms with E-state index in [1.165, 1.54) is 44.9 Å². The molecule has 0 saturated carbocycles. The lowest BCUT2D eigenvalue weighted by Crippen LogP contribution is -2.40. The molecule has 1 saturated heterocycles. The second-order valence-corrected chi connectivity index (χ2v) is 5.81. The highest BCUT2D eigenvalue weighted by molar-refractivity contribution is 5.78. The van der Waals surface area contributed by atoms with Crippen molar-refractivity contribution in [2.24, 2.45) is 5.92 Å². The molecule has 112 valence electrons. The molecule has 0 bridgehead atoms. The van der Waals surface area contributed by atoms with Crippen molar-refractivity contribution in [2.45, 2.75) is 71.1 Å². The highest BCUT2D eigenvalue weighted by Gasteiger charge is 2.19. The number of amides is 1. The molecule has 0 aromatic heterocycles. The van der Waals surface area contributed by atoms with Gasteiger partial charge >= 0.3 is 0 Å². The standard InChI is InChI=1S/C16H32N2O/c1-2-3-4-5-6-7-8-9-13-18-16(19)15-11-10-12-17-14-15/h15,17H,2-14H2,1H3,(H,18,19)/t15-/m0/s1. The van der Waals surface area contributed by atoms with Crippen molar-refractivity contribution < 1.29 is 4.79 Å². The summed E-state index contributed by atoms with van der Waals surface area (Å²) >= 11 is 0. The van der Waals surface area contributed by atoms with Gasteiger partial charge in [-0.1, -0.05) is 51.9 Å². The van der Waals surface area contributed by atoms with Crippen molar-refractivity contribution in [3.05, 3.63) is 0 Å². The zero-order valence-corrected chi connectivity index (χ0v) is 12.7. The Kier molecular flexibility index (Phi) is 9.78. The monoisotopic (exact) mass is 268 g/mol. The minimum atomic E-state index is 0.211. The van der Waals surface area contributed by atoms with E-state index in [9.17, 15) is 4.79 Å². The molecule has 1 rings (SSSR count). The van der Waals surface area contributed by atoms with Gasteiger partial charge in [-0.2, -0.15) is 0 Å². The van der Waals surface area contributed by atoms with Gasteiger partial charge in [-0.25, -0.2) is 0 Å². The molecule has 1 aliphatic rings. The predicted octanol–water partition coefficient (Wildman–Crippen LogP) is 3.24. The van der Waals surface area contributed by atoms with E-state index in [4.69, 9.17) is 0 Å². The van der Waals surface area contributed by atoms with E-state index in [1.807, 2.05) is 0 Å². The van der Waals surface area contributed by atoms with Crippen LogP contribution in [-0.2, 0) is 4.79 Å². The molecule has 0 aromatic rings. The normalized spacial score (nSPS) is 19.3. The maximum Gasteiger partial charge on any atom is 0.224 e. The van der Waals surface area contributed by atoms with E-state index in [-0.39, 0.29) is 11.8 Å². The van der Waals surface area contributed by atoms with Gasteiger partial charge in [0, 0.05) is 13.1 Å². The van der Waals surface area contributed by atoms with Crippen LogP contribution in [0.2, 0.25) is 0 Å². The van der Waals surface area contributed by atoms with Crippen LogP contribution in [-0.4, -0.2) is 25.5 Å². The first-order valence-electron chi connectivity index (χ1n) is 8.33. The molecule has 3 heteroatoms. The summed E-state index contributed by atoms with van der Waals surface area (Å²) in [5.41, 5.74) is 0. The summed E-state index contributed by atoms with van der Waals surface area (Å²) in [7, 11) is 0. The van der Waals surface area contributed by atoms with E-state index in [1.54, 1.807) is 0 Å². The Morgan fingerprint density at radius 2 is 1.79 bits per heavy atom. The Balaban J connectivity index is 1.86. The molecule has 0 unspecified atom stereocenters. The Labute approximate surface area is 118 Å². The van der Waals surface area contributed by atoms with Crippen molar-refractivity contribution in [3.63, 3.8) is 0 Å². The Bertz CT molecular complexity index is 225. The molecule has 1 fully saturated rings. The van der Waals surface area contributed by atoms with Gasteiger partial charge in [-0.15, -0.1) is 0 Å². The fourth-order valence-electron chi connectivity index (χ4n) is 2.69. The SMILES string of the molecule is CCCCCCCCCCNC(=O)[C@H]1CCCNC1. The summed E-state index contributed by atoms with van der Waals surface area (Å²) in [6, 6.07) is 0. The second kappa shape index (κ2) is 11.3. The van der Waals surface area contributed by atoms with Crippen LogP contribution in [0.3, 0.4) is 0 Å². The van der Waals surface area contributed by atoms with E-state index < -0.39 is 0 Å². The van der Waals surface area contributed by atoms with Crippen LogP contribution in [0.25, 0.3) is 0 Å². The third kappa shape index (κ3) is 8.25. The van der Waals surface area contributed by atoms with Crippen LogP contribution in [0.5, 0.6) is 0 Å². The lowest BCUT2D eigenvalue weighted by atomic mass is 9.99. The fraction of sp³-hybridized carbons (Fsp3) is 0.938. The predicted molar refractivity (Wildman–Crippen MR) is 81.2 cm³/mol. The molecule has 0 radical (unpaired) electrons. The fourth-order valence-corrected chi connectivity index (χ4v) is 2.69. The average Bonchev–Trinajstić information content (AvgIpc) is 2.46. The molecule has 1 aliphatic heterocycles. The van der Waals surface area contributed by atoms with Gasteiger partial charge < -0.3 is 10.6 Å². The molecule has 1 atom stereocenters. The van der Waals surface area contributed by atoms with Crippen LogP contribution in [0.4, 0.5) is 0 Å². The van der Waals surface area contributed by atoms with Crippen LogP contribution in [0.15, 0.2) is 0 Å². The van der Waals surface area contributed by atoms with Crippen molar-refractivity contribution in [1.29, 1.82) is 0 Å². The first-order valence-corrected chi connectivity index (χ1v) is 8.33. The number of carbonyl (C=O) groups is 1. The third-order valence-electron chi connectivity index (χ3n) is 4.00. The number of nitrogens with one attached hydrogen (secondary N) is 2. The van der Waals surface area contributed by atoms with Crippen molar-refractivity contribution in [2.75, 3.05) is 19.6 Å². The summed E-state index contributed by atoms with van der Waals surface area (Å²) in [6.07, 6.45) is 12.7. The molecular formula is C16H32N2O. The summed E-state index contributed by atoms with van der Waals surface area (Å²) in [6.45, 7) is 5.06. The molecule has 0 aromatic carbocycles. The molecule has 2 N–H and O–H groups in total. The van der Waals surface area contributed by atoms with Crippen molar-refractivity contribution in [3.8, 4) is 0 Å². The highest BCUT2D eigenvalue weighted by atomic mass is 16.1. The molecular weight excluding hydrogens is 236 g/mol. The average molecular weight is 268 g/mol. The van der Waals surface area contributed by atoms with Gasteiger partial charge in [0.25, 0.3) is 0 Å². The number of rotatable bonds is 10. The van der Waals surface area contributed by atoms with Crippen LogP contribution >= 0.6 is 0 Å². The Hall–Kier alpha value is -0.570. The summed E-state index contributed by atoms with van der Waals surface area (Å²) < 4.78 is 0. The highest BCUT2D eigenvalue weighted by Crippen LogP contribution is 2.10. The van der Waals surface area contributed by atoms with Crippen molar-refractivity contribution >= 4 is 5.91 Å². The molecule has 0 spiro atoms. The third-order valence-corrected chi connectivity index (χ3v) is 4.00. The molecule has 1 amide bonds. The zero-order valence-electron chi connectivity index (χ0n) is 12.7. The van der Waals surface area contributed by atoms with E-state index in [0.717, 1.165) is 38.9 Å². The van der Waals surface area contributed by atoms with Gasteiger partial charge in [0.05, 0.1) is 5.92 Å². The molecule has 19 heavy (non-hydrogen) atoms. The van der Waals surface area contributed by atoms with E-state index in [0.29, 0.717) is 0 Å². The van der Waals surface area contributed by atoms with Crippen LogP contribution < -0.4 is 10.6 Å². The van der Waals surface area contributed by atoms with Gasteiger partial charge in [0.1, 0.15) is 0 Å². The Morgan fingerprint density at radius 3 is 2.42 bits per heavy atom. The van der Waals surface area contributed by atoms with Gasteiger partial charge in [-0.05, 0) is 25.8 Å².